The molecule has 1 amide bonds. The summed E-state index contributed by atoms with van der Waals surface area (Å²) < 4.78 is 174. The Morgan fingerprint density at radius 2 is 1.14 bits per heavy atom. The Hall–Kier alpha value is -6.77. The van der Waals surface area contributed by atoms with Gasteiger partial charge in [-0.3, -0.25) is 4.79 Å². The van der Waals surface area contributed by atoms with Gasteiger partial charge in [0.15, 0.2) is 0 Å². The molecule has 2 aromatic heterocycles. The van der Waals surface area contributed by atoms with Crippen LogP contribution in [0.1, 0.15) is 39.9 Å². The highest BCUT2D eigenvalue weighted by Gasteiger charge is 2.36. The first kappa shape index (κ1) is 47.3. The zero-order chi connectivity index (χ0) is 45.9. The number of hydrogen-bond donors (Lipinski definition) is 2. The van der Waals surface area contributed by atoms with E-state index in [4.69, 9.17) is 22.1 Å². The number of alkyl halides is 6. The van der Waals surface area contributed by atoms with Crippen molar-refractivity contribution in [3.63, 3.8) is 0 Å². The molecule has 1 aliphatic heterocycles. The lowest BCUT2D eigenvalue weighted by atomic mass is 9.98. The van der Waals surface area contributed by atoms with E-state index in [0.717, 1.165) is 74.3 Å². The van der Waals surface area contributed by atoms with Gasteiger partial charge in [-0.1, -0.05) is 12.1 Å². The molecule has 8 nitrogen and oxygen atoms in total. The minimum atomic E-state index is -4.77. The number of rotatable bonds is 9. The van der Waals surface area contributed by atoms with E-state index in [-0.39, 0.29) is 41.2 Å². The Balaban J connectivity index is 0.000000209. The second-order valence-corrected chi connectivity index (χ2v) is 12.9. The molecule has 2 radical (unpaired) electrons. The molecule has 1 aliphatic rings. The maximum Gasteiger partial charge on any atom is 0.419 e. The summed E-state index contributed by atoms with van der Waals surface area (Å²) in [7, 11) is 5.31. The van der Waals surface area contributed by atoms with Crippen molar-refractivity contribution in [3.05, 3.63) is 167 Å². The van der Waals surface area contributed by atoms with Crippen LogP contribution in [0.3, 0.4) is 0 Å². The van der Waals surface area contributed by atoms with Crippen LogP contribution >= 0.6 is 0 Å². The van der Waals surface area contributed by atoms with Gasteiger partial charge in [-0.2, -0.15) is 26.3 Å². The van der Waals surface area contributed by atoms with Gasteiger partial charge in [-0.25, -0.2) is 36.3 Å². The third-order valence-corrected chi connectivity index (χ3v) is 8.33. The first-order valence-corrected chi connectivity index (χ1v) is 18.1. The summed E-state index contributed by atoms with van der Waals surface area (Å²) in [6.07, 6.45) is -5.25. The van der Waals surface area contributed by atoms with Gasteiger partial charge in [-0.15, -0.1) is 0 Å². The molecule has 63 heavy (non-hydrogen) atoms. The summed E-state index contributed by atoms with van der Waals surface area (Å²) >= 11 is 0. The van der Waals surface area contributed by atoms with Crippen LogP contribution in [0.15, 0.2) is 109 Å². The summed E-state index contributed by atoms with van der Waals surface area (Å²) in [4.78, 5) is 19.6. The van der Waals surface area contributed by atoms with Crippen LogP contribution in [0.25, 0.3) is 0 Å². The smallest absolute Gasteiger partial charge is 0.419 e. The molecule has 1 unspecified atom stereocenters. The predicted molar refractivity (Wildman–Crippen MR) is 204 cm³/mol. The predicted octanol–water partition coefficient (Wildman–Crippen LogP) is 11.8. The largest absolute Gasteiger partial charge is 0.455 e. The first-order valence-electron chi connectivity index (χ1n) is 18.1. The third-order valence-electron chi connectivity index (χ3n) is 8.33. The fourth-order valence-electron chi connectivity index (χ4n) is 5.32. The molecule has 0 aliphatic carbocycles. The Kier molecular flexibility index (Phi) is 15.7. The third kappa shape index (κ3) is 13.6. The van der Waals surface area contributed by atoms with E-state index in [2.05, 4.69) is 20.6 Å². The summed E-state index contributed by atoms with van der Waals surface area (Å²) in [5.41, 5.74) is -3.32. The SMILES string of the molecule is Fc1ccc(C(F)(F)F)c(Oc2ccc(NCc3c(F)cccc3F)nc2)c1.O=C(Nc1ccc(Oc2cc(F)ccc2C(F)(F)F)cn1)c1c(F)cccc1F.[B]C1CCCO1. The fraction of sp³-hybridized carbons (Fsp3) is 0.167. The number of pyridine rings is 2. The molecule has 328 valence electrons. The fourth-order valence-corrected chi connectivity index (χ4v) is 5.32. The molecule has 6 aromatic rings. The van der Waals surface area contributed by atoms with Crippen molar-refractivity contribution in [3.8, 4) is 23.0 Å². The molecule has 1 atom stereocenters. The van der Waals surface area contributed by atoms with Crippen molar-refractivity contribution in [2.24, 2.45) is 0 Å². The van der Waals surface area contributed by atoms with E-state index in [1.807, 2.05) is 0 Å². The maximum atomic E-state index is 13.6. The molecule has 4 aromatic carbocycles. The standard InChI is InChI=1S/C19H10F6N2O2.C19H12F6N2O.C4H7BO/c20-10-4-6-12(19(23,24)25)15(8-10)29-11-5-7-16(26-9-11)27-18(28)17-13(21)2-1-3-14(17)22;20-11-4-6-14(19(23,24)25)17(8-11)28-12-5-7-18(26-9-12)27-10-13-15(21)2-1-3-16(13)22;5-4-2-1-3-6-4/h1-9H,(H,26,27,28);1-9H,10H2,(H,26,27);4H,1-3H2. The highest BCUT2D eigenvalue weighted by molar-refractivity contribution is 6.11. The van der Waals surface area contributed by atoms with Gasteiger partial charge in [0.2, 0.25) is 0 Å². The molecule has 3 heterocycles. The Labute approximate surface area is 351 Å². The summed E-state index contributed by atoms with van der Waals surface area (Å²) in [6, 6.07) is 15.0. The Bertz CT molecular complexity index is 2450. The number of benzene rings is 4. The quantitative estimate of drug-likeness (QED) is 0.110. The van der Waals surface area contributed by atoms with Gasteiger partial charge in [0.05, 0.1) is 23.5 Å². The van der Waals surface area contributed by atoms with Crippen molar-refractivity contribution in [1.29, 1.82) is 0 Å². The monoisotopic (exact) mass is 892 g/mol. The lowest BCUT2D eigenvalue weighted by Crippen LogP contribution is -2.16. The number of carbonyl (C=O) groups is 1. The topological polar surface area (TPSA) is 94.6 Å². The van der Waals surface area contributed by atoms with Crippen LogP contribution in [0, 0.1) is 34.9 Å². The number of nitrogens with one attached hydrogen (secondary N) is 2. The van der Waals surface area contributed by atoms with Crippen molar-refractivity contribution < 1.29 is 71.7 Å². The molecular weight excluding hydrogens is 863 g/mol. The van der Waals surface area contributed by atoms with Gasteiger partial charge in [0.1, 0.15) is 82.9 Å². The van der Waals surface area contributed by atoms with Crippen LogP contribution in [-0.2, 0) is 23.6 Å². The van der Waals surface area contributed by atoms with Crippen molar-refractivity contribution in [1.82, 2.24) is 9.97 Å². The summed E-state index contributed by atoms with van der Waals surface area (Å²) in [5, 5.41) is 4.84. The summed E-state index contributed by atoms with van der Waals surface area (Å²) in [5.74, 6) is -8.18. The highest BCUT2D eigenvalue weighted by atomic mass is 19.4. The number of amides is 1. The summed E-state index contributed by atoms with van der Waals surface area (Å²) in [6.45, 7) is 0.676. The zero-order valence-electron chi connectivity index (χ0n) is 31.9. The average molecular weight is 893 g/mol. The maximum absolute atomic E-state index is 13.6. The van der Waals surface area contributed by atoms with E-state index >= 15 is 0 Å². The second-order valence-electron chi connectivity index (χ2n) is 12.9. The molecule has 21 heteroatoms. The van der Waals surface area contributed by atoms with Gasteiger partial charge in [0.25, 0.3) is 5.91 Å². The van der Waals surface area contributed by atoms with Gasteiger partial charge in [0, 0.05) is 36.9 Å². The molecular formula is C42H29BF12N4O4. The molecule has 1 saturated heterocycles. The van der Waals surface area contributed by atoms with Crippen molar-refractivity contribution in [2.45, 2.75) is 37.7 Å². The molecule has 0 spiro atoms. The van der Waals surface area contributed by atoms with E-state index in [9.17, 15) is 57.5 Å². The van der Waals surface area contributed by atoms with E-state index in [0.29, 0.717) is 36.4 Å². The molecule has 1 fully saturated rings. The molecule has 2 N–H and O–H groups in total. The van der Waals surface area contributed by atoms with E-state index < -0.39 is 81.4 Å². The van der Waals surface area contributed by atoms with Crippen LogP contribution in [0.2, 0.25) is 0 Å². The number of aromatic nitrogens is 2. The van der Waals surface area contributed by atoms with Gasteiger partial charge in [-0.05, 0) is 85.6 Å². The lowest BCUT2D eigenvalue weighted by Gasteiger charge is -2.14. The highest BCUT2D eigenvalue weighted by Crippen LogP contribution is 2.40. The van der Waals surface area contributed by atoms with Crippen LogP contribution in [0.4, 0.5) is 64.3 Å². The van der Waals surface area contributed by atoms with Crippen LogP contribution in [0.5, 0.6) is 23.0 Å². The Morgan fingerprint density at radius 3 is 1.54 bits per heavy atom. The number of nitrogens with zero attached hydrogens (tertiary/aromatic N) is 2. The normalized spacial score (nSPS) is 13.5. The molecule has 0 saturated carbocycles. The minimum Gasteiger partial charge on any atom is -0.455 e. The second kappa shape index (κ2) is 20.9. The number of carbonyl (C=O) groups excluding carboxylic acids is 1. The zero-order valence-corrected chi connectivity index (χ0v) is 31.9. The first-order chi connectivity index (χ1) is 29.8. The van der Waals surface area contributed by atoms with Crippen molar-refractivity contribution >= 4 is 25.4 Å². The van der Waals surface area contributed by atoms with E-state index in [1.165, 1.54) is 18.2 Å². The van der Waals surface area contributed by atoms with Gasteiger partial charge < -0.3 is 24.8 Å². The minimum absolute atomic E-state index is 0.0463. The molecule has 0 bridgehead atoms. The number of hydrogen-bond acceptors (Lipinski definition) is 7. The average Bonchev–Trinajstić information content (AvgIpc) is 3.69. The molecule has 7 rings (SSSR count). The lowest BCUT2D eigenvalue weighted by molar-refractivity contribution is -0.139. The number of ether oxygens (including phenoxy) is 3. The van der Waals surface area contributed by atoms with Gasteiger partial charge >= 0.3 is 12.4 Å². The van der Waals surface area contributed by atoms with Crippen LogP contribution < -0.4 is 20.1 Å². The number of halogens is 12. The Morgan fingerprint density at radius 1 is 0.667 bits per heavy atom. The van der Waals surface area contributed by atoms with Crippen molar-refractivity contribution in [2.75, 3.05) is 17.2 Å². The van der Waals surface area contributed by atoms with E-state index in [1.54, 1.807) is 0 Å². The van der Waals surface area contributed by atoms with Crippen LogP contribution in [-0.4, -0.2) is 36.3 Å². The number of anilines is 2.